The average Bonchev–Trinajstić information content (AvgIpc) is 3.18. The molecule has 1 aromatic carbocycles. The number of benzene rings is 1. The maximum atomic E-state index is 13.3. The van der Waals surface area contributed by atoms with Gasteiger partial charge in [-0.05, 0) is 30.3 Å². The van der Waals surface area contributed by atoms with Crippen molar-refractivity contribution in [1.82, 2.24) is 20.4 Å². The zero-order chi connectivity index (χ0) is 21.0. The van der Waals surface area contributed by atoms with Gasteiger partial charge in [0.1, 0.15) is 11.5 Å². The van der Waals surface area contributed by atoms with E-state index in [1.165, 1.54) is 31.4 Å². The maximum absolute atomic E-state index is 13.3. The van der Waals surface area contributed by atoms with Gasteiger partial charge in [-0.15, -0.1) is 10.2 Å². The molecule has 0 aliphatic carbocycles. The molecule has 0 saturated carbocycles. The molecular weight excluding hydrogens is 413 g/mol. The van der Waals surface area contributed by atoms with Crippen LogP contribution < -0.4 is 15.0 Å². The minimum absolute atomic E-state index is 0.115. The monoisotopic (exact) mass is 426 g/mol. The van der Waals surface area contributed by atoms with E-state index in [0.717, 1.165) is 17.0 Å². The van der Waals surface area contributed by atoms with Gasteiger partial charge in [-0.25, -0.2) is 18.0 Å². The SMILES string of the molecule is COc1ccc(N(Cc2cc(C(F)F)n[nH]2)C(=O)Nc2ccc(F)c(Cl)c2)nn1. The normalized spacial score (nSPS) is 10.8. The molecule has 2 heterocycles. The number of anilines is 2. The van der Waals surface area contributed by atoms with Crippen molar-refractivity contribution in [1.29, 1.82) is 0 Å². The average molecular weight is 427 g/mol. The molecule has 8 nitrogen and oxygen atoms in total. The Morgan fingerprint density at radius 1 is 1.28 bits per heavy atom. The van der Waals surface area contributed by atoms with Crippen LogP contribution in [-0.2, 0) is 6.54 Å². The lowest BCUT2D eigenvalue weighted by Crippen LogP contribution is -2.35. The van der Waals surface area contributed by atoms with Crippen molar-refractivity contribution >= 4 is 29.1 Å². The van der Waals surface area contributed by atoms with Gasteiger partial charge in [0.05, 0.1) is 24.4 Å². The lowest BCUT2D eigenvalue weighted by molar-refractivity contribution is 0.146. The van der Waals surface area contributed by atoms with Crippen LogP contribution in [0.1, 0.15) is 17.8 Å². The summed E-state index contributed by atoms with van der Waals surface area (Å²) in [6, 6.07) is 7.05. The number of carbonyl (C=O) groups excluding carboxylic acids is 1. The van der Waals surface area contributed by atoms with E-state index >= 15 is 0 Å². The second kappa shape index (κ2) is 8.78. The highest BCUT2D eigenvalue weighted by molar-refractivity contribution is 6.31. The molecule has 0 atom stereocenters. The molecule has 0 bridgehead atoms. The van der Waals surface area contributed by atoms with Gasteiger partial charge in [0, 0.05) is 11.8 Å². The first-order valence-electron chi connectivity index (χ1n) is 8.11. The van der Waals surface area contributed by atoms with Crippen LogP contribution in [0.15, 0.2) is 36.4 Å². The number of nitrogens with one attached hydrogen (secondary N) is 2. The van der Waals surface area contributed by atoms with E-state index in [-0.39, 0.29) is 34.6 Å². The summed E-state index contributed by atoms with van der Waals surface area (Å²) < 4.78 is 43.8. The molecule has 0 fully saturated rings. The summed E-state index contributed by atoms with van der Waals surface area (Å²) in [6.07, 6.45) is -2.76. The zero-order valence-corrected chi connectivity index (χ0v) is 15.6. The number of rotatable bonds is 6. The van der Waals surface area contributed by atoms with Crippen LogP contribution >= 0.6 is 11.6 Å². The quantitative estimate of drug-likeness (QED) is 0.616. The third kappa shape index (κ3) is 4.93. The number of hydrogen-bond donors (Lipinski definition) is 2. The molecule has 12 heteroatoms. The summed E-state index contributed by atoms with van der Waals surface area (Å²) in [7, 11) is 1.41. The van der Waals surface area contributed by atoms with Gasteiger partial charge in [0.25, 0.3) is 6.43 Å². The summed E-state index contributed by atoms with van der Waals surface area (Å²) >= 11 is 5.73. The largest absolute Gasteiger partial charge is 0.480 e. The predicted molar refractivity (Wildman–Crippen MR) is 98.7 cm³/mol. The van der Waals surface area contributed by atoms with Gasteiger partial charge in [-0.3, -0.25) is 10.00 Å². The molecular formula is C17H14ClF3N6O2. The number of carbonyl (C=O) groups is 1. The standard InChI is InChI=1S/C17H14ClF3N6O2/c1-29-15-5-4-14(25-26-15)27(8-10-7-13(16(20)21)24-23-10)17(28)22-9-2-3-12(19)11(18)6-9/h2-7,16H,8H2,1H3,(H,22,28)(H,23,24). The van der Waals surface area contributed by atoms with E-state index < -0.39 is 24.0 Å². The van der Waals surface area contributed by atoms with Crippen LogP contribution in [0, 0.1) is 5.82 Å². The van der Waals surface area contributed by atoms with Gasteiger partial charge in [-0.2, -0.15) is 5.10 Å². The van der Waals surface area contributed by atoms with Crippen LogP contribution in [0.4, 0.5) is 29.5 Å². The fourth-order valence-corrected chi connectivity index (χ4v) is 2.51. The lowest BCUT2D eigenvalue weighted by atomic mass is 10.3. The molecule has 0 unspecified atom stereocenters. The van der Waals surface area contributed by atoms with E-state index in [4.69, 9.17) is 16.3 Å². The highest BCUT2D eigenvalue weighted by Gasteiger charge is 2.21. The third-order valence-corrected chi connectivity index (χ3v) is 4.02. The van der Waals surface area contributed by atoms with E-state index in [1.807, 2.05) is 0 Å². The Morgan fingerprint density at radius 2 is 2.07 bits per heavy atom. The van der Waals surface area contributed by atoms with Gasteiger partial charge >= 0.3 is 6.03 Å². The minimum atomic E-state index is -2.76. The van der Waals surface area contributed by atoms with Crippen LogP contribution in [0.5, 0.6) is 5.88 Å². The van der Waals surface area contributed by atoms with E-state index in [9.17, 15) is 18.0 Å². The van der Waals surface area contributed by atoms with Crippen LogP contribution in [0.3, 0.4) is 0 Å². The molecule has 0 spiro atoms. The predicted octanol–water partition coefficient (Wildman–Crippen LogP) is 4.18. The van der Waals surface area contributed by atoms with Gasteiger partial charge in [0.15, 0.2) is 5.82 Å². The van der Waals surface area contributed by atoms with Crippen LogP contribution in [-0.4, -0.2) is 33.5 Å². The Bertz CT molecular complexity index is 999. The van der Waals surface area contributed by atoms with Crippen molar-refractivity contribution in [2.75, 3.05) is 17.3 Å². The van der Waals surface area contributed by atoms with Gasteiger partial charge in [0.2, 0.25) is 5.88 Å². The van der Waals surface area contributed by atoms with Crippen molar-refractivity contribution in [3.05, 3.63) is 58.6 Å². The minimum Gasteiger partial charge on any atom is -0.480 e. The van der Waals surface area contributed by atoms with Crippen LogP contribution in [0.2, 0.25) is 5.02 Å². The first-order chi connectivity index (χ1) is 13.9. The smallest absolute Gasteiger partial charge is 0.327 e. The van der Waals surface area contributed by atoms with Gasteiger partial charge < -0.3 is 10.1 Å². The molecule has 2 amide bonds. The second-order valence-electron chi connectivity index (χ2n) is 5.70. The molecule has 3 aromatic rings. The number of amides is 2. The van der Waals surface area contributed by atoms with Crippen LogP contribution in [0.25, 0.3) is 0 Å². The van der Waals surface area contributed by atoms with E-state index in [1.54, 1.807) is 0 Å². The van der Waals surface area contributed by atoms with Crippen molar-refractivity contribution in [3.8, 4) is 5.88 Å². The number of nitrogens with zero attached hydrogens (tertiary/aromatic N) is 4. The highest BCUT2D eigenvalue weighted by atomic mass is 35.5. The fourth-order valence-electron chi connectivity index (χ4n) is 2.33. The van der Waals surface area contributed by atoms with Gasteiger partial charge in [-0.1, -0.05) is 11.6 Å². The molecule has 0 radical (unpaired) electrons. The first-order valence-corrected chi connectivity index (χ1v) is 8.49. The summed E-state index contributed by atoms with van der Waals surface area (Å²) in [4.78, 5) is 13.9. The number of methoxy groups -OCH3 is 1. The fraction of sp³-hybridized carbons (Fsp3) is 0.176. The Labute approximate surface area is 167 Å². The van der Waals surface area contributed by atoms with Crippen molar-refractivity contribution in [2.45, 2.75) is 13.0 Å². The van der Waals surface area contributed by atoms with Crippen molar-refractivity contribution < 1.29 is 22.7 Å². The number of ether oxygens (including phenoxy) is 1. The number of halogens is 4. The van der Waals surface area contributed by atoms with E-state index in [2.05, 4.69) is 25.7 Å². The van der Waals surface area contributed by atoms with Crippen molar-refractivity contribution in [2.24, 2.45) is 0 Å². The second-order valence-corrected chi connectivity index (χ2v) is 6.11. The Morgan fingerprint density at radius 3 is 2.66 bits per heavy atom. The maximum Gasteiger partial charge on any atom is 0.327 e. The van der Waals surface area contributed by atoms with Crippen molar-refractivity contribution in [3.63, 3.8) is 0 Å². The topological polar surface area (TPSA) is 96.0 Å². The molecule has 152 valence electrons. The summed E-state index contributed by atoms with van der Waals surface area (Å²) in [5.41, 5.74) is 0.0162. The first kappa shape index (κ1) is 20.4. The molecule has 3 rings (SSSR count). The number of aromatic amines is 1. The molecule has 0 aliphatic rings. The molecule has 2 aromatic heterocycles. The molecule has 2 N–H and O–H groups in total. The lowest BCUT2D eigenvalue weighted by Gasteiger charge is -2.21. The number of alkyl halides is 2. The number of H-pyrrole nitrogens is 1. The summed E-state index contributed by atoms with van der Waals surface area (Å²) in [5, 5.41) is 16.0. The molecule has 0 saturated heterocycles. The Balaban J connectivity index is 1.87. The zero-order valence-electron chi connectivity index (χ0n) is 14.9. The van der Waals surface area contributed by atoms with E-state index in [0.29, 0.717) is 0 Å². The summed E-state index contributed by atoms with van der Waals surface area (Å²) in [6.45, 7) is -0.165. The summed E-state index contributed by atoms with van der Waals surface area (Å²) in [5.74, 6) is -0.301. The molecule has 29 heavy (non-hydrogen) atoms. The Kier molecular flexibility index (Phi) is 6.17. The Hall–Kier alpha value is -3.34. The number of urea groups is 1. The number of hydrogen-bond acceptors (Lipinski definition) is 5. The third-order valence-electron chi connectivity index (χ3n) is 3.73. The highest BCUT2D eigenvalue weighted by Crippen LogP contribution is 2.23. The molecule has 0 aliphatic heterocycles. The number of aromatic nitrogens is 4.